The number of hydrogen-bond donors (Lipinski definition) is 2. The minimum atomic E-state index is -2.82. The smallest absolute Gasteiger partial charge is 0.387 e. The quantitative estimate of drug-likeness (QED) is 0.790. The summed E-state index contributed by atoms with van der Waals surface area (Å²) in [7, 11) is 0. The summed E-state index contributed by atoms with van der Waals surface area (Å²) in [6.45, 7) is 1.56. The number of aliphatic hydroxyl groups excluding tert-OH is 1. The number of halogens is 2. The summed E-state index contributed by atoms with van der Waals surface area (Å²) < 4.78 is 28.9. The van der Waals surface area contributed by atoms with E-state index in [-0.39, 0.29) is 17.9 Å². The second-order valence-electron chi connectivity index (χ2n) is 4.70. The fourth-order valence-electron chi connectivity index (χ4n) is 1.56. The molecule has 0 spiro atoms. The van der Waals surface area contributed by atoms with Crippen molar-refractivity contribution in [2.24, 2.45) is 0 Å². The average molecular weight is 259 g/mol. The molecule has 0 heterocycles. The monoisotopic (exact) mass is 259 g/mol. The van der Waals surface area contributed by atoms with E-state index in [9.17, 15) is 8.78 Å². The lowest BCUT2D eigenvalue weighted by atomic mass is 10.0. The van der Waals surface area contributed by atoms with Crippen molar-refractivity contribution in [2.75, 3.05) is 6.61 Å². The molecule has 5 heteroatoms. The van der Waals surface area contributed by atoms with Crippen molar-refractivity contribution in [1.29, 1.82) is 0 Å². The van der Waals surface area contributed by atoms with Gasteiger partial charge in [0, 0.05) is 24.3 Å². The van der Waals surface area contributed by atoms with Gasteiger partial charge in [0.1, 0.15) is 5.75 Å². The first kappa shape index (κ1) is 14.9. The van der Waals surface area contributed by atoms with Gasteiger partial charge in [-0.2, -0.15) is 8.78 Å². The zero-order valence-electron chi connectivity index (χ0n) is 10.6. The molecule has 0 amide bonds. The topological polar surface area (TPSA) is 41.5 Å². The van der Waals surface area contributed by atoms with Gasteiger partial charge in [-0.25, -0.2) is 0 Å². The molecule has 0 fully saturated rings. The summed E-state index contributed by atoms with van der Waals surface area (Å²) in [5, 5.41) is 12.1. The highest BCUT2D eigenvalue weighted by Gasteiger charge is 2.17. The maximum Gasteiger partial charge on any atom is 0.387 e. The predicted octanol–water partition coefficient (Wildman–Crippen LogP) is 2.54. The van der Waals surface area contributed by atoms with Gasteiger partial charge in [-0.15, -0.1) is 0 Å². The SMILES string of the molecule is CC(C)(CCO)NCc1ccccc1OC(F)F. The van der Waals surface area contributed by atoms with Crippen molar-refractivity contribution in [3.63, 3.8) is 0 Å². The van der Waals surface area contributed by atoms with E-state index >= 15 is 0 Å². The van der Waals surface area contributed by atoms with E-state index in [1.807, 2.05) is 13.8 Å². The van der Waals surface area contributed by atoms with Crippen molar-refractivity contribution < 1.29 is 18.6 Å². The number of aliphatic hydroxyl groups is 1. The lowest BCUT2D eigenvalue weighted by molar-refractivity contribution is -0.0505. The van der Waals surface area contributed by atoms with E-state index in [4.69, 9.17) is 5.11 Å². The van der Waals surface area contributed by atoms with E-state index in [2.05, 4.69) is 10.1 Å². The molecule has 1 aromatic rings. The molecule has 0 aromatic heterocycles. The molecule has 1 rings (SSSR count). The third-order valence-corrected chi connectivity index (χ3v) is 2.68. The first-order valence-electron chi connectivity index (χ1n) is 5.83. The van der Waals surface area contributed by atoms with Crippen LogP contribution in [0.25, 0.3) is 0 Å². The molecule has 2 N–H and O–H groups in total. The van der Waals surface area contributed by atoms with Gasteiger partial charge in [0.15, 0.2) is 0 Å². The number of benzene rings is 1. The normalized spacial score (nSPS) is 11.9. The molecular formula is C13H19F2NO2. The number of alkyl halides is 2. The average Bonchev–Trinajstić information content (AvgIpc) is 2.27. The van der Waals surface area contributed by atoms with Gasteiger partial charge in [0.2, 0.25) is 0 Å². The van der Waals surface area contributed by atoms with Crippen LogP contribution in [0.1, 0.15) is 25.8 Å². The Kier molecular flexibility index (Phi) is 5.50. The second-order valence-corrected chi connectivity index (χ2v) is 4.70. The van der Waals surface area contributed by atoms with E-state index < -0.39 is 6.61 Å². The summed E-state index contributed by atoms with van der Waals surface area (Å²) in [5.74, 6) is 0.180. The summed E-state index contributed by atoms with van der Waals surface area (Å²) in [6.07, 6.45) is 0.588. The Labute approximate surface area is 106 Å². The summed E-state index contributed by atoms with van der Waals surface area (Å²) >= 11 is 0. The van der Waals surface area contributed by atoms with Crippen LogP contribution < -0.4 is 10.1 Å². The Morgan fingerprint density at radius 3 is 2.61 bits per heavy atom. The molecule has 0 aliphatic heterocycles. The van der Waals surface area contributed by atoms with Gasteiger partial charge < -0.3 is 15.2 Å². The minimum Gasteiger partial charge on any atom is -0.434 e. The van der Waals surface area contributed by atoms with Crippen LogP contribution in [0.5, 0.6) is 5.75 Å². The van der Waals surface area contributed by atoms with E-state index in [1.165, 1.54) is 6.07 Å². The van der Waals surface area contributed by atoms with Crippen LogP contribution in [-0.4, -0.2) is 23.9 Å². The van der Waals surface area contributed by atoms with Crippen molar-refractivity contribution in [3.05, 3.63) is 29.8 Å². The fourth-order valence-corrected chi connectivity index (χ4v) is 1.56. The lowest BCUT2D eigenvalue weighted by Gasteiger charge is -2.26. The van der Waals surface area contributed by atoms with Crippen LogP contribution in [0.2, 0.25) is 0 Å². The highest BCUT2D eigenvalue weighted by Crippen LogP contribution is 2.21. The van der Waals surface area contributed by atoms with Crippen LogP contribution in [-0.2, 0) is 6.54 Å². The van der Waals surface area contributed by atoms with Gasteiger partial charge in [0.05, 0.1) is 0 Å². The number of rotatable bonds is 7. The van der Waals surface area contributed by atoms with Gasteiger partial charge in [-0.05, 0) is 26.3 Å². The number of hydrogen-bond acceptors (Lipinski definition) is 3. The maximum atomic E-state index is 12.2. The summed E-state index contributed by atoms with van der Waals surface area (Å²) in [4.78, 5) is 0. The molecule has 0 bridgehead atoms. The van der Waals surface area contributed by atoms with Crippen molar-refractivity contribution >= 4 is 0 Å². The van der Waals surface area contributed by atoms with E-state index in [1.54, 1.807) is 18.2 Å². The Morgan fingerprint density at radius 1 is 1.33 bits per heavy atom. The Balaban J connectivity index is 2.66. The fraction of sp³-hybridized carbons (Fsp3) is 0.538. The lowest BCUT2D eigenvalue weighted by Crippen LogP contribution is -2.39. The van der Waals surface area contributed by atoms with Gasteiger partial charge >= 0.3 is 6.61 Å². The number of nitrogens with one attached hydrogen (secondary N) is 1. The van der Waals surface area contributed by atoms with Gasteiger partial charge in [-0.1, -0.05) is 18.2 Å². The molecule has 3 nitrogen and oxygen atoms in total. The molecule has 0 aliphatic carbocycles. The Morgan fingerprint density at radius 2 is 2.00 bits per heavy atom. The summed E-state index contributed by atoms with van der Waals surface area (Å²) in [6, 6.07) is 6.68. The zero-order valence-corrected chi connectivity index (χ0v) is 10.6. The molecule has 102 valence electrons. The minimum absolute atomic E-state index is 0.0786. The molecule has 0 atom stereocenters. The predicted molar refractivity (Wildman–Crippen MR) is 65.7 cm³/mol. The van der Waals surface area contributed by atoms with Gasteiger partial charge in [0.25, 0.3) is 0 Å². The zero-order chi connectivity index (χ0) is 13.6. The Hall–Kier alpha value is -1.20. The first-order valence-corrected chi connectivity index (χ1v) is 5.83. The molecule has 0 radical (unpaired) electrons. The summed E-state index contributed by atoms with van der Waals surface area (Å²) in [5.41, 5.74) is 0.413. The third-order valence-electron chi connectivity index (χ3n) is 2.68. The number of ether oxygens (including phenoxy) is 1. The largest absolute Gasteiger partial charge is 0.434 e. The van der Waals surface area contributed by atoms with Crippen molar-refractivity contribution in [2.45, 2.75) is 39.0 Å². The van der Waals surface area contributed by atoms with Crippen molar-refractivity contribution in [1.82, 2.24) is 5.32 Å². The second kappa shape index (κ2) is 6.66. The Bertz CT molecular complexity index is 370. The maximum absolute atomic E-state index is 12.2. The molecule has 0 saturated heterocycles. The third kappa shape index (κ3) is 4.98. The molecule has 18 heavy (non-hydrogen) atoms. The molecule has 0 aliphatic rings. The van der Waals surface area contributed by atoms with Gasteiger partial charge in [-0.3, -0.25) is 0 Å². The van der Waals surface area contributed by atoms with Crippen LogP contribution in [0.3, 0.4) is 0 Å². The molecular weight excluding hydrogens is 240 g/mol. The van der Waals surface area contributed by atoms with Crippen LogP contribution in [0, 0.1) is 0 Å². The number of para-hydroxylation sites is 1. The molecule has 0 unspecified atom stereocenters. The van der Waals surface area contributed by atoms with Crippen LogP contribution in [0.4, 0.5) is 8.78 Å². The first-order chi connectivity index (χ1) is 8.44. The molecule has 0 saturated carbocycles. The van der Waals surface area contributed by atoms with Crippen LogP contribution in [0.15, 0.2) is 24.3 Å². The standard InChI is InChI=1S/C13H19F2NO2/c1-13(2,7-8-17)16-9-10-5-3-4-6-11(10)18-12(14)15/h3-6,12,16-17H,7-9H2,1-2H3. The van der Waals surface area contributed by atoms with E-state index in [0.29, 0.717) is 18.5 Å². The molecule has 1 aromatic carbocycles. The highest BCUT2D eigenvalue weighted by atomic mass is 19.3. The van der Waals surface area contributed by atoms with E-state index in [0.717, 1.165) is 0 Å². The van der Waals surface area contributed by atoms with Crippen LogP contribution >= 0.6 is 0 Å². The van der Waals surface area contributed by atoms with Crippen molar-refractivity contribution in [3.8, 4) is 5.75 Å². The highest BCUT2D eigenvalue weighted by molar-refractivity contribution is 5.33.